The van der Waals surface area contributed by atoms with Gasteiger partial charge in [-0.3, -0.25) is 10.1 Å². The lowest BCUT2D eigenvalue weighted by atomic mass is 10.2. The third-order valence-electron chi connectivity index (χ3n) is 2.77. The molecule has 0 unspecified atom stereocenters. The molecule has 3 aromatic heterocycles. The number of rotatable bonds is 3. The van der Waals surface area contributed by atoms with E-state index in [1.807, 2.05) is 18.2 Å². The van der Waals surface area contributed by atoms with Gasteiger partial charge in [0.05, 0.1) is 17.5 Å². The summed E-state index contributed by atoms with van der Waals surface area (Å²) in [6.07, 6.45) is 4.49. The minimum absolute atomic E-state index is 0.292. The Bertz CT molecular complexity index is 718. The quantitative estimate of drug-likeness (QED) is 0.737. The third kappa shape index (κ3) is 2.14. The lowest BCUT2D eigenvalue weighted by Crippen LogP contribution is -2.14. The molecule has 2 N–H and O–H groups in total. The molecule has 0 aliphatic heterocycles. The molecule has 3 aromatic rings. The molecule has 3 heterocycles. The number of pyridine rings is 1. The maximum atomic E-state index is 12.1. The molecule has 0 atom stereocenters. The topological polar surface area (TPSA) is 101 Å². The summed E-state index contributed by atoms with van der Waals surface area (Å²) >= 11 is 0. The summed E-state index contributed by atoms with van der Waals surface area (Å²) in [6.45, 7) is 1.80. The number of nitrogens with zero attached hydrogens (tertiary/aromatic N) is 5. The third-order valence-corrected chi connectivity index (χ3v) is 2.77. The van der Waals surface area contributed by atoms with Crippen LogP contribution in [0.3, 0.4) is 0 Å². The smallest absolute Gasteiger partial charge is 0.261 e. The Morgan fingerprint density at radius 1 is 1.35 bits per heavy atom. The van der Waals surface area contributed by atoms with Crippen molar-refractivity contribution in [3.05, 3.63) is 48.2 Å². The molecule has 0 aliphatic carbocycles. The van der Waals surface area contributed by atoms with Gasteiger partial charge in [-0.05, 0) is 19.1 Å². The van der Waals surface area contributed by atoms with E-state index in [2.05, 4.69) is 30.6 Å². The Morgan fingerprint density at radius 3 is 2.95 bits per heavy atom. The van der Waals surface area contributed by atoms with Gasteiger partial charge in [0.15, 0.2) is 5.82 Å². The first-order valence-electron chi connectivity index (χ1n) is 5.88. The number of amides is 1. The first kappa shape index (κ1) is 12.0. The van der Waals surface area contributed by atoms with E-state index in [1.165, 1.54) is 12.5 Å². The largest absolute Gasteiger partial charge is 0.291 e. The van der Waals surface area contributed by atoms with Crippen LogP contribution in [-0.4, -0.2) is 35.9 Å². The van der Waals surface area contributed by atoms with Crippen LogP contribution in [0.2, 0.25) is 0 Å². The molecule has 20 heavy (non-hydrogen) atoms. The second kappa shape index (κ2) is 4.92. The van der Waals surface area contributed by atoms with Crippen molar-refractivity contribution in [2.75, 3.05) is 5.32 Å². The van der Waals surface area contributed by atoms with Crippen molar-refractivity contribution in [3.8, 4) is 5.82 Å². The van der Waals surface area contributed by atoms with Crippen molar-refractivity contribution < 1.29 is 4.79 Å². The van der Waals surface area contributed by atoms with Crippen molar-refractivity contribution in [2.24, 2.45) is 0 Å². The zero-order valence-electron chi connectivity index (χ0n) is 10.6. The fourth-order valence-electron chi connectivity index (χ4n) is 1.78. The molecule has 0 aromatic carbocycles. The van der Waals surface area contributed by atoms with Crippen LogP contribution in [-0.2, 0) is 0 Å². The molecular formula is C12H11N7O. The Morgan fingerprint density at radius 2 is 2.25 bits per heavy atom. The normalized spacial score (nSPS) is 10.4. The Hall–Kier alpha value is -3.03. The number of aromatic nitrogens is 6. The van der Waals surface area contributed by atoms with E-state index in [1.54, 1.807) is 17.8 Å². The highest BCUT2D eigenvalue weighted by Crippen LogP contribution is 2.13. The number of hydrogen-bond acceptors (Lipinski definition) is 5. The van der Waals surface area contributed by atoms with Crippen molar-refractivity contribution >= 4 is 11.9 Å². The summed E-state index contributed by atoms with van der Waals surface area (Å²) < 4.78 is 1.61. The minimum Gasteiger partial charge on any atom is -0.291 e. The number of carbonyl (C=O) groups excluding carboxylic acids is 1. The molecule has 0 bridgehead atoms. The average Bonchev–Trinajstić information content (AvgIpc) is 3.09. The standard InChI is InChI=1S/C12H11N7O/c1-8-9(11(20)17-12-14-7-15-18-12)6-16-19(8)10-4-2-3-5-13-10/h2-7H,1H3,(H2,14,15,17,18,20). The highest BCUT2D eigenvalue weighted by molar-refractivity contribution is 6.04. The predicted octanol–water partition coefficient (Wildman–Crippen LogP) is 0.946. The fourth-order valence-corrected chi connectivity index (χ4v) is 1.78. The van der Waals surface area contributed by atoms with E-state index in [4.69, 9.17) is 0 Å². The van der Waals surface area contributed by atoms with Crippen LogP contribution in [0.1, 0.15) is 16.1 Å². The van der Waals surface area contributed by atoms with Crippen LogP contribution in [0.5, 0.6) is 0 Å². The minimum atomic E-state index is -0.304. The lowest BCUT2D eigenvalue weighted by Gasteiger charge is -2.04. The number of aromatic amines is 1. The number of anilines is 1. The number of carbonyl (C=O) groups is 1. The van der Waals surface area contributed by atoms with Gasteiger partial charge in [0.1, 0.15) is 6.33 Å². The van der Waals surface area contributed by atoms with E-state index in [0.29, 0.717) is 23.0 Å². The zero-order valence-corrected chi connectivity index (χ0v) is 10.6. The molecular weight excluding hydrogens is 258 g/mol. The maximum absolute atomic E-state index is 12.1. The number of H-pyrrole nitrogens is 1. The molecule has 8 nitrogen and oxygen atoms in total. The van der Waals surface area contributed by atoms with E-state index < -0.39 is 0 Å². The molecule has 3 rings (SSSR count). The van der Waals surface area contributed by atoms with E-state index in [-0.39, 0.29) is 5.91 Å². The molecule has 0 spiro atoms. The molecule has 0 saturated heterocycles. The van der Waals surface area contributed by atoms with Crippen LogP contribution >= 0.6 is 0 Å². The van der Waals surface area contributed by atoms with E-state index >= 15 is 0 Å². The SMILES string of the molecule is Cc1c(C(=O)Nc2ncn[nH]2)cnn1-c1ccccn1. The Balaban J connectivity index is 1.89. The summed E-state index contributed by atoms with van der Waals surface area (Å²) in [4.78, 5) is 20.1. The summed E-state index contributed by atoms with van der Waals surface area (Å²) in [6, 6.07) is 5.50. The molecule has 0 fully saturated rings. The second-order valence-corrected chi connectivity index (χ2v) is 4.03. The Kier molecular flexibility index (Phi) is 2.96. The van der Waals surface area contributed by atoms with Crippen molar-refractivity contribution in [3.63, 3.8) is 0 Å². The van der Waals surface area contributed by atoms with Gasteiger partial charge in [-0.15, -0.1) is 0 Å². The van der Waals surface area contributed by atoms with Crippen LogP contribution < -0.4 is 5.32 Å². The molecule has 0 radical (unpaired) electrons. The van der Waals surface area contributed by atoms with Gasteiger partial charge in [0, 0.05) is 6.20 Å². The van der Waals surface area contributed by atoms with Gasteiger partial charge in [0.2, 0.25) is 5.95 Å². The highest BCUT2D eigenvalue weighted by atomic mass is 16.1. The van der Waals surface area contributed by atoms with Gasteiger partial charge < -0.3 is 0 Å². The zero-order chi connectivity index (χ0) is 13.9. The summed E-state index contributed by atoms with van der Waals surface area (Å²) in [7, 11) is 0. The van der Waals surface area contributed by atoms with Crippen molar-refractivity contribution in [2.45, 2.75) is 6.92 Å². The number of nitrogens with one attached hydrogen (secondary N) is 2. The molecule has 0 aliphatic rings. The second-order valence-electron chi connectivity index (χ2n) is 4.03. The van der Waals surface area contributed by atoms with E-state index in [9.17, 15) is 4.79 Å². The molecule has 100 valence electrons. The van der Waals surface area contributed by atoms with Crippen LogP contribution in [0, 0.1) is 6.92 Å². The van der Waals surface area contributed by atoms with Gasteiger partial charge >= 0.3 is 0 Å². The average molecular weight is 269 g/mol. The van der Waals surface area contributed by atoms with Crippen LogP contribution in [0.4, 0.5) is 5.95 Å². The maximum Gasteiger partial charge on any atom is 0.261 e. The van der Waals surface area contributed by atoms with Gasteiger partial charge in [-0.2, -0.15) is 15.2 Å². The molecule has 0 saturated carbocycles. The summed E-state index contributed by atoms with van der Waals surface area (Å²) in [5.41, 5.74) is 1.15. The highest BCUT2D eigenvalue weighted by Gasteiger charge is 2.16. The van der Waals surface area contributed by atoms with Crippen molar-refractivity contribution in [1.82, 2.24) is 29.9 Å². The fraction of sp³-hybridized carbons (Fsp3) is 0.0833. The van der Waals surface area contributed by atoms with Crippen LogP contribution in [0.25, 0.3) is 5.82 Å². The number of hydrogen-bond donors (Lipinski definition) is 2. The van der Waals surface area contributed by atoms with E-state index in [0.717, 1.165) is 0 Å². The first-order chi connectivity index (χ1) is 9.75. The van der Waals surface area contributed by atoms with Gasteiger partial charge in [-0.25, -0.2) is 14.8 Å². The lowest BCUT2D eigenvalue weighted by molar-refractivity contribution is 0.102. The van der Waals surface area contributed by atoms with Gasteiger partial charge in [0.25, 0.3) is 5.91 Å². The predicted molar refractivity (Wildman–Crippen MR) is 70.4 cm³/mol. The monoisotopic (exact) mass is 269 g/mol. The summed E-state index contributed by atoms with van der Waals surface area (Å²) in [5, 5.41) is 13.0. The molecule has 8 heteroatoms. The van der Waals surface area contributed by atoms with Crippen LogP contribution in [0.15, 0.2) is 36.9 Å². The first-order valence-corrected chi connectivity index (χ1v) is 5.88. The Labute approximate surface area is 113 Å². The van der Waals surface area contributed by atoms with Crippen molar-refractivity contribution in [1.29, 1.82) is 0 Å². The van der Waals surface area contributed by atoms with Gasteiger partial charge in [-0.1, -0.05) is 6.07 Å². The summed E-state index contributed by atoms with van der Waals surface area (Å²) in [5.74, 6) is 0.644. The molecule has 1 amide bonds.